The van der Waals surface area contributed by atoms with E-state index in [2.05, 4.69) is 4.98 Å². The lowest BCUT2D eigenvalue weighted by atomic mass is 10.3. The second kappa shape index (κ2) is 4.86. The summed E-state index contributed by atoms with van der Waals surface area (Å²) in [5.41, 5.74) is 1.19. The summed E-state index contributed by atoms with van der Waals surface area (Å²) in [6.07, 6.45) is 0.640. The lowest BCUT2D eigenvalue weighted by Gasteiger charge is -1.98. The Bertz CT molecular complexity index is 532. The fourth-order valence-electron chi connectivity index (χ4n) is 1.51. The molecule has 1 N–H and O–H groups in total. The number of benzene rings is 1. The van der Waals surface area contributed by atoms with Gasteiger partial charge in [0, 0.05) is 12.5 Å². The van der Waals surface area contributed by atoms with Crippen molar-refractivity contribution in [2.45, 2.75) is 19.8 Å². The normalized spacial score (nSPS) is 10.6. The summed E-state index contributed by atoms with van der Waals surface area (Å²) >= 11 is 0. The van der Waals surface area contributed by atoms with E-state index >= 15 is 0 Å². The molecule has 0 bridgehead atoms. The minimum atomic E-state index is -0.266. The summed E-state index contributed by atoms with van der Waals surface area (Å²) < 4.78 is 10.2. The second-order valence-electron chi connectivity index (χ2n) is 3.56. The molecule has 0 aliphatic heterocycles. The Labute approximate surface area is 98.0 Å². The lowest BCUT2D eigenvalue weighted by molar-refractivity contribution is -0.143. The lowest BCUT2D eigenvalue weighted by Crippen LogP contribution is -2.05. The molecule has 1 aromatic carbocycles. The van der Waals surface area contributed by atoms with Gasteiger partial charge in [0.15, 0.2) is 11.5 Å². The maximum absolute atomic E-state index is 11.2. The van der Waals surface area contributed by atoms with Gasteiger partial charge in [0.05, 0.1) is 13.0 Å². The number of phenols is 1. The molecule has 0 unspecified atom stereocenters. The number of aromatic hydroxyl groups is 1. The van der Waals surface area contributed by atoms with Crippen molar-refractivity contribution in [3.05, 3.63) is 24.1 Å². The van der Waals surface area contributed by atoms with Gasteiger partial charge in [-0.1, -0.05) is 0 Å². The van der Waals surface area contributed by atoms with Crippen LogP contribution in [0.1, 0.15) is 19.2 Å². The van der Waals surface area contributed by atoms with Crippen molar-refractivity contribution in [1.29, 1.82) is 0 Å². The van der Waals surface area contributed by atoms with Gasteiger partial charge in [-0.05, 0) is 19.1 Å². The molecule has 1 heterocycles. The van der Waals surface area contributed by atoms with Gasteiger partial charge in [-0.25, -0.2) is 4.98 Å². The third-order valence-corrected chi connectivity index (χ3v) is 2.26. The molecule has 0 aliphatic rings. The molecular formula is C12H13NO4. The summed E-state index contributed by atoms with van der Waals surface area (Å²) in [5, 5.41) is 9.27. The van der Waals surface area contributed by atoms with Gasteiger partial charge in [0.1, 0.15) is 11.3 Å². The first-order valence-electron chi connectivity index (χ1n) is 5.43. The van der Waals surface area contributed by atoms with E-state index < -0.39 is 0 Å². The number of aryl methyl sites for hydroxylation is 1. The van der Waals surface area contributed by atoms with Gasteiger partial charge < -0.3 is 14.3 Å². The average molecular weight is 235 g/mol. The summed E-state index contributed by atoms with van der Waals surface area (Å²) in [5.74, 6) is 0.346. The van der Waals surface area contributed by atoms with Gasteiger partial charge in [-0.3, -0.25) is 4.79 Å². The minimum Gasteiger partial charge on any atom is -0.508 e. The molecule has 2 aromatic rings. The number of aromatic nitrogens is 1. The molecule has 0 fully saturated rings. The highest BCUT2D eigenvalue weighted by atomic mass is 16.5. The van der Waals surface area contributed by atoms with Crippen molar-refractivity contribution in [1.82, 2.24) is 4.98 Å². The second-order valence-corrected chi connectivity index (χ2v) is 3.56. The summed E-state index contributed by atoms with van der Waals surface area (Å²) in [6.45, 7) is 2.14. The number of phenolic OH excluding ortho intramolecular Hbond substituents is 1. The van der Waals surface area contributed by atoms with E-state index in [1.165, 1.54) is 12.1 Å². The molecule has 0 spiro atoms. The van der Waals surface area contributed by atoms with E-state index in [1.54, 1.807) is 13.0 Å². The van der Waals surface area contributed by atoms with Gasteiger partial charge in [0.25, 0.3) is 0 Å². The first kappa shape index (κ1) is 11.4. The fourth-order valence-corrected chi connectivity index (χ4v) is 1.51. The third-order valence-electron chi connectivity index (χ3n) is 2.26. The van der Waals surface area contributed by atoms with E-state index in [0.29, 0.717) is 30.0 Å². The number of carbonyl (C=O) groups excluding carboxylic acids is 1. The molecule has 0 aliphatic carbocycles. The summed E-state index contributed by atoms with van der Waals surface area (Å²) in [4.78, 5) is 15.3. The number of rotatable bonds is 4. The van der Waals surface area contributed by atoms with Crippen LogP contribution in [0.2, 0.25) is 0 Å². The van der Waals surface area contributed by atoms with Crippen LogP contribution in [0.3, 0.4) is 0 Å². The predicted molar refractivity (Wildman–Crippen MR) is 60.6 cm³/mol. The molecule has 0 atom stereocenters. The largest absolute Gasteiger partial charge is 0.508 e. The Kier molecular flexibility index (Phi) is 3.27. The first-order valence-corrected chi connectivity index (χ1v) is 5.43. The summed E-state index contributed by atoms with van der Waals surface area (Å²) in [6, 6.07) is 4.70. The highest BCUT2D eigenvalue weighted by Crippen LogP contribution is 2.20. The zero-order valence-electron chi connectivity index (χ0n) is 9.47. The highest BCUT2D eigenvalue weighted by Gasteiger charge is 2.09. The standard InChI is InChI=1S/C12H13NO4/c1-2-16-12(15)6-5-11-13-9-7-8(14)3-4-10(9)17-11/h3-4,7,14H,2,5-6H2,1H3. The molecule has 5 nitrogen and oxygen atoms in total. The number of hydrogen-bond donors (Lipinski definition) is 1. The topological polar surface area (TPSA) is 72.6 Å². The zero-order valence-corrected chi connectivity index (χ0v) is 9.47. The number of oxazole rings is 1. The van der Waals surface area contributed by atoms with Crippen LogP contribution in [-0.4, -0.2) is 22.7 Å². The van der Waals surface area contributed by atoms with Crippen LogP contribution in [0.25, 0.3) is 11.1 Å². The smallest absolute Gasteiger partial charge is 0.306 e. The Hall–Kier alpha value is -2.04. The van der Waals surface area contributed by atoms with Gasteiger partial charge in [-0.15, -0.1) is 0 Å². The molecular weight excluding hydrogens is 222 g/mol. The van der Waals surface area contributed by atoms with E-state index in [0.717, 1.165) is 0 Å². The Balaban J connectivity index is 2.07. The highest BCUT2D eigenvalue weighted by molar-refractivity contribution is 5.74. The van der Waals surface area contributed by atoms with Crippen molar-refractivity contribution < 1.29 is 19.1 Å². The number of esters is 1. The number of nitrogens with zero attached hydrogens (tertiary/aromatic N) is 1. The van der Waals surface area contributed by atoms with Crippen LogP contribution in [0.15, 0.2) is 22.6 Å². The number of fused-ring (bicyclic) bond motifs is 1. The third kappa shape index (κ3) is 2.75. The van der Waals surface area contributed by atoms with Crippen molar-refractivity contribution in [2.24, 2.45) is 0 Å². The predicted octanol–water partition coefficient (Wildman–Crippen LogP) is 2.03. The van der Waals surface area contributed by atoms with E-state index in [-0.39, 0.29) is 18.1 Å². The number of hydrogen-bond acceptors (Lipinski definition) is 5. The Morgan fingerprint density at radius 2 is 2.35 bits per heavy atom. The molecule has 5 heteroatoms. The van der Waals surface area contributed by atoms with Crippen molar-refractivity contribution in [3.8, 4) is 5.75 Å². The monoisotopic (exact) mass is 235 g/mol. The number of carbonyl (C=O) groups is 1. The minimum absolute atomic E-state index is 0.141. The molecule has 0 saturated carbocycles. The molecule has 0 amide bonds. The Morgan fingerprint density at radius 1 is 1.53 bits per heavy atom. The van der Waals surface area contributed by atoms with Crippen molar-refractivity contribution in [3.63, 3.8) is 0 Å². The average Bonchev–Trinajstić information content (AvgIpc) is 2.68. The van der Waals surface area contributed by atoms with Gasteiger partial charge >= 0.3 is 5.97 Å². The molecule has 2 rings (SSSR count). The number of ether oxygens (including phenoxy) is 1. The van der Waals surface area contributed by atoms with E-state index in [9.17, 15) is 9.90 Å². The SMILES string of the molecule is CCOC(=O)CCc1nc2cc(O)ccc2o1. The van der Waals surface area contributed by atoms with Gasteiger partial charge in [0.2, 0.25) is 0 Å². The Morgan fingerprint density at radius 3 is 3.12 bits per heavy atom. The quantitative estimate of drug-likeness (QED) is 0.821. The first-order chi connectivity index (χ1) is 8.19. The van der Waals surface area contributed by atoms with Crippen molar-refractivity contribution in [2.75, 3.05) is 6.61 Å². The molecule has 0 radical (unpaired) electrons. The van der Waals surface area contributed by atoms with Crippen LogP contribution >= 0.6 is 0 Å². The molecule has 90 valence electrons. The van der Waals surface area contributed by atoms with E-state index in [4.69, 9.17) is 9.15 Å². The summed E-state index contributed by atoms with van der Waals surface area (Å²) in [7, 11) is 0. The maximum Gasteiger partial charge on any atom is 0.306 e. The molecule has 17 heavy (non-hydrogen) atoms. The van der Waals surface area contributed by atoms with Gasteiger partial charge in [-0.2, -0.15) is 0 Å². The molecule has 1 aromatic heterocycles. The van der Waals surface area contributed by atoms with Crippen molar-refractivity contribution >= 4 is 17.1 Å². The maximum atomic E-state index is 11.2. The van der Waals surface area contributed by atoms with Crippen LogP contribution in [-0.2, 0) is 16.0 Å². The fraction of sp³-hybridized carbons (Fsp3) is 0.333. The van der Waals surface area contributed by atoms with E-state index in [1.807, 2.05) is 0 Å². The van der Waals surface area contributed by atoms with Crippen LogP contribution in [0.4, 0.5) is 0 Å². The van der Waals surface area contributed by atoms with Crippen LogP contribution in [0.5, 0.6) is 5.75 Å². The molecule has 0 saturated heterocycles. The van der Waals surface area contributed by atoms with Crippen LogP contribution < -0.4 is 0 Å². The zero-order chi connectivity index (χ0) is 12.3. The van der Waals surface area contributed by atoms with Crippen LogP contribution in [0, 0.1) is 0 Å².